The number of hydrogen-bond acceptors (Lipinski definition) is 4. The molecule has 2 rings (SSSR count). The van der Waals surface area contributed by atoms with Gasteiger partial charge in [0, 0.05) is 17.2 Å². The molecule has 1 saturated carbocycles. The summed E-state index contributed by atoms with van der Waals surface area (Å²) in [4.78, 5) is 12.1. The van der Waals surface area contributed by atoms with Gasteiger partial charge in [-0.15, -0.1) is 0 Å². The van der Waals surface area contributed by atoms with Gasteiger partial charge < -0.3 is 21.4 Å². The van der Waals surface area contributed by atoms with Crippen molar-refractivity contribution >= 4 is 11.7 Å². The normalized spacial score (nSPS) is 23.4. The van der Waals surface area contributed by atoms with Gasteiger partial charge in [-0.3, -0.25) is 4.79 Å². The summed E-state index contributed by atoms with van der Waals surface area (Å²) in [6.45, 7) is 0. The average Bonchev–Trinajstić information content (AvgIpc) is 2.49. The number of hydrogen-bond donors (Lipinski definition) is 4. The Bertz CT molecular complexity index is 508. The Morgan fingerprint density at radius 1 is 1.25 bits per heavy atom. The topological polar surface area (TPSA) is 108 Å². The number of nitrogens with zero attached hydrogens (tertiary/aromatic N) is 1. The van der Waals surface area contributed by atoms with Gasteiger partial charge in [-0.25, -0.2) is 0 Å². The van der Waals surface area contributed by atoms with Crippen LogP contribution in [0.25, 0.3) is 0 Å². The number of benzene rings is 1. The van der Waals surface area contributed by atoms with Crippen LogP contribution in [0.2, 0.25) is 0 Å². The molecule has 1 aromatic rings. The van der Waals surface area contributed by atoms with E-state index in [1.165, 1.54) is 0 Å². The van der Waals surface area contributed by atoms with E-state index >= 15 is 0 Å². The summed E-state index contributed by atoms with van der Waals surface area (Å²) < 4.78 is 0. The van der Waals surface area contributed by atoms with Gasteiger partial charge in [-0.2, -0.15) is 0 Å². The number of carbonyl (C=O) groups excluding carboxylic acids is 1. The van der Waals surface area contributed by atoms with E-state index in [9.17, 15) is 9.90 Å². The van der Waals surface area contributed by atoms with Crippen LogP contribution in [0.1, 0.15) is 41.6 Å². The third-order valence-corrected chi connectivity index (χ3v) is 3.56. The van der Waals surface area contributed by atoms with Crippen LogP contribution in [0.5, 0.6) is 0 Å². The Balaban J connectivity index is 2.02. The van der Waals surface area contributed by atoms with Crippen molar-refractivity contribution in [2.45, 2.75) is 37.8 Å². The standard InChI is InChI=1S/C14H19N3O3/c15-13(17-20)9-2-1-3-10(8-9)14(19)16-11-4-6-12(18)7-5-11/h1-3,8,11-12,18,20H,4-7H2,(H2,15,17)(H,16,19). The molecule has 0 unspecified atom stereocenters. The molecule has 0 saturated heterocycles. The van der Waals surface area contributed by atoms with Crippen LogP contribution < -0.4 is 11.1 Å². The fourth-order valence-electron chi connectivity index (χ4n) is 2.37. The number of rotatable bonds is 3. The molecule has 1 aliphatic carbocycles. The van der Waals surface area contributed by atoms with E-state index < -0.39 is 0 Å². The van der Waals surface area contributed by atoms with Crippen LogP contribution >= 0.6 is 0 Å². The van der Waals surface area contributed by atoms with Crippen molar-refractivity contribution in [1.82, 2.24) is 5.32 Å². The first-order chi connectivity index (χ1) is 9.60. The number of aliphatic hydroxyl groups is 1. The number of carbonyl (C=O) groups is 1. The lowest BCUT2D eigenvalue weighted by molar-refractivity contribution is 0.0867. The van der Waals surface area contributed by atoms with Gasteiger partial charge >= 0.3 is 0 Å². The Labute approximate surface area is 117 Å². The highest BCUT2D eigenvalue weighted by Crippen LogP contribution is 2.18. The zero-order valence-corrected chi connectivity index (χ0v) is 11.1. The molecule has 20 heavy (non-hydrogen) atoms. The predicted octanol–water partition coefficient (Wildman–Crippen LogP) is 0.814. The molecule has 108 valence electrons. The van der Waals surface area contributed by atoms with E-state index in [1.54, 1.807) is 24.3 Å². The third-order valence-electron chi connectivity index (χ3n) is 3.56. The molecule has 5 N–H and O–H groups in total. The summed E-state index contributed by atoms with van der Waals surface area (Å²) in [6.07, 6.45) is 2.76. The van der Waals surface area contributed by atoms with E-state index in [0.717, 1.165) is 25.7 Å². The summed E-state index contributed by atoms with van der Waals surface area (Å²) in [7, 11) is 0. The maximum absolute atomic E-state index is 12.1. The molecule has 1 aliphatic rings. The zero-order valence-electron chi connectivity index (χ0n) is 11.1. The highest BCUT2D eigenvalue weighted by atomic mass is 16.4. The van der Waals surface area contributed by atoms with Gasteiger partial charge in [0.2, 0.25) is 0 Å². The molecule has 6 nitrogen and oxygen atoms in total. The van der Waals surface area contributed by atoms with Crippen molar-refractivity contribution < 1.29 is 15.1 Å². The molecule has 0 aromatic heterocycles. The fraction of sp³-hybridized carbons (Fsp3) is 0.429. The quantitative estimate of drug-likeness (QED) is 0.284. The van der Waals surface area contributed by atoms with Crippen LogP contribution in [0.3, 0.4) is 0 Å². The fourth-order valence-corrected chi connectivity index (χ4v) is 2.37. The number of aliphatic hydroxyl groups excluding tert-OH is 1. The Hall–Kier alpha value is -2.08. The molecule has 1 aromatic carbocycles. The van der Waals surface area contributed by atoms with Gasteiger partial charge in [0.25, 0.3) is 5.91 Å². The van der Waals surface area contributed by atoms with Crippen molar-refractivity contribution in [2.75, 3.05) is 0 Å². The minimum absolute atomic E-state index is 0.0274. The van der Waals surface area contributed by atoms with Gasteiger partial charge in [0.1, 0.15) is 0 Å². The maximum Gasteiger partial charge on any atom is 0.251 e. The van der Waals surface area contributed by atoms with Crippen molar-refractivity contribution in [3.05, 3.63) is 35.4 Å². The highest BCUT2D eigenvalue weighted by Gasteiger charge is 2.21. The monoisotopic (exact) mass is 277 g/mol. The minimum Gasteiger partial charge on any atom is -0.409 e. The molecular weight excluding hydrogens is 258 g/mol. The first-order valence-electron chi connectivity index (χ1n) is 6.67. The largest absolute Gasteiger partial charge is 0.409 e. The zero-order chi connectivity index (χ0) is 14.5. The first kappa shape index (κ1) is 14.3. The number of amides is 1. The predicted molar refractivity (Wildman–Crippen MR) is 74.7 cm³/mol. The van der Waals surface area contributed by atoms with Crippen LogP contribution in [0.4, 0.5) is 0 Å². The average molecular weight is 277 g/mol. The molecule has 1 amide bonds. The molecule has 0 atom stereocenters. The summed E-state index contributed by atoms with van der Waals surface area (Å²) in [5.74, 6) is -0.209. The second kappa shape index (κ2) is 6.38. The van der Waals surface area contributed by atoms with E-state index in [1.807, 2.05) is 0 Å². The van der Waals surface area contributed by atoms with Gasteiger partial charge in [0.15, 0.2) is 5.84 Å². The second-order valence-electron chi connectivity index (χ2n) is 5.04. The lowest BCUT2D eigenvalue weighted by Crippen LogP contribution is -2.38. The van der Waals surface area contributed by atoms with E-state index in [0.29, 0.717) is 11.1 Å². The second-order valence-corrected chi connectivity index (χ2v) is 5.04. The van der Waals surface area contributed by atoms with Crippen LogP contribution in [-0.2, 0) is 0 Å². The number of nitrogens with two attached hydrogens (primary N) is 1. The molecule has 0 heterocycles. The lowest BCUT2D eigenvalue weighted by Gasteiger charge is -2.26. The van der Waals surface area contributed by atoms with Crippen LogP contribution in [0, 0.1) is 0 Å². The maximum atomic E-state index is 12.1. The van der Waals surface area contributed by atoms with Crippen molar-refractivity contribution in [3.8, 4) is 0 Å². The van der Waals surface area contributed by atoms with Crippen molar-refractivity contribution in [2.24, 2.45) is 10.9 Å². The first-order valence-corrected chi connectivity index (χ1v) is 6.67. The molecule has 0 spiro atoms. The smallest absolute Gasteiger partial charge is 0.251 e. The molecule has 0 aliphatic heterocycles. The van der Waals surface area contributed by atoms with Crippen molar-refractivity contribution in [1.29, 1.82) is 0 Å². The van der Waals surface area contributed by atoms with E-state index in [2.05, 4.69) is 10.5 Å². The summed E-state index contributed by atoms with van der Waals surface area (Å²) in [5.41, 5.74) is 6.48. The third kappa shape index (κ3) is 3.48. The SMILES string of the molecule is N/C(=N/O)c1cccc(C(=O)NC2CCC(O)CC2)c1. The van der Waals surface area contributed by atoms with Crippen molar-refractivity contribution in [3.63, 3.8) is 0 Å². The van der Waals surface area contributed by atoms with Crippen LogP contribution in [-0.4, -0.2) is 34.2 Å². The van der Waals surface area contributed by atoms with Gasteiger partial charge in [0.05, 0.1) is 6.10 Å². The summed E-state index contributed by atoms with van der Waals surface area (Å²) >= 11 is 0. The molecule has 1 fully saturated rings. The lowest BCUT2D eigenvalue weighted by atomic mass is 9.93. The summed E-state index contributed by atoms with van der Waals surface area (Å²) in [5, 5.41) is 23.9. The molecule has 0 radical (unpaired) electrons. The van der Waals surface area contributed by atoms with Gasteiger partial charge in [-0.1, -0.05) is 17.3 Å². The Morgan fingerprint density at radius 2 is 1.90 bits per heavy atom. The molecule has 6 heteroatoms. The number of nitrogens with one attached hydrogen (secondary N) is 1. The molecule has 0 bridgehead atoms. The molecular formula is C14H19N3O3. The number of oxime groups is 1. The highest BCUT2D eigenvalue weighted by molar-refractivity contribution is 6.01. The van der Waals surface area contributed by atoms with Gasteiger partial charge in [-0.05, 0) is 37.8 Å². The summed E-state index contributed by atoms with van der Waals surface area (Å²) in [6, 6.07) is 6.72. The van der Waals surface area contributed by atoms with E-state index in [-0.39, 0.29) is 23.9 Å². The van der Waals surface area contributed by atoms with Crippen LogP contribution in [0.15, 0.2) is 29.4 Å². The Morgan fingerprint density at radius 3 is 2.55 bits per heavy atom. The minimum atomic E-state index is -0.243. The Kier molecular flexibility index (Phi) is 4.57. The van der Waals surface area contributed by atoms with E-state index in [4.69, 9.17) is 10.9 Å². The number of amidine groups is 1.